The number of rotatable bonds is 5. The minimum atomic E-state index is -1.07. The van der Waals surface area contributed by atoms with E-state index < -0.39 is 5.60 Å². The van der Waals surface area contributed by atoms with Gasteiger partial charge in [-0.3, -0.25) is 4.98 Å². The molecule has 6 rings (SSSR count). The van der Waals surface area contributed by atoms with E-state index in [1.165, 1.54) is 5.56 Å². The minimum absolute atomic E-state index is 0.0260. The number of hydrogen-bond donors (Lipinski definition) is 1. The van der Waals surface area contributed by atoms with Crippen molar-refractivity contribution in [1.29, 1.82) is 0 Å². The number of ether oxygens (including phenoxy) is 1. The van der Waals surface area contributed by atoms with Gasteiger partial charge in [-0.05, 0) is 70.2 Å². The summed E-state index contributed by atoms with van der Waals surface area (Å²) in [7, 11) is 0. The number of aliphatic hydroxyl groups is 1. The number of hydrogen-bond acceptors (Lipinski definition) is 5. The lowest BCUT2D eigenvalue weighted by Gasteiger charge is -2.33. The van der Waals surface area contributed by atoms with Crippen LogP contribution in [-0.2, 0) is 10.3 Å². The molecule has 0 aliphatic carbocycles. The molecular weight excluding hydrogens is 481 g/mol. The predicted octanol–water partition coefficient (Wildman–Crippen LogP) is 6.84. The maximum absolute atomic E-state index is 15.8. The van der Waals surface area contributed by atoms with Crippen LogP contribution in [0.3, 0.4) is 0 Å². The van der Waals surface area contributed by atoms with Gasteiger partial charge in [0.15, 0.2) is 0 Å². The molecule has 0 unspecified atom stereocenters. The SMILES string of the molecule is Cc1noc(C)c1-c1cc2c(cc1F)c1ncc(C(C)(C)O)cc1n2[C@H](c1ccccc1)C1CCOCC1. The Balaban J connectivity index is 1.72. The number of pyridine rings is 1. The molecule has 0 saturated carbocycles. The van der Waals surface area contributed by atoms with Crippen molar-refractivity contribution < 1.29 is 18.8 Å². The van der Waals surface area contributed by atoms with Crippen molar-refractivity contribution in [3.05, 3.63) is 83.1 Å². The fourth-order valence-electron chi connectivity index (χ4n) is 5.93. The first-order valence-corrected chi connectivity index (χ1v) is 13.2. The van der Waals surface area contributed by atoms with Gasteiger partial charge >= 0.3 is 0 Å². The fraction of sp³-hybridized carbons (Fsp3) is 0.355. The van der Waals surface area contributed by atoms with E-state index in [2.05, 4.69) is 34.0 Å². The Bertz CT molecular complexity index is 1610. The molecule has 0 amide bonds. The number of benzene rings is 2. The van der Waals surface area contributed by atoms with Crippen LogP contribution >= 0.6 is 0 Å². The molecule has 1 aliphatic rings. The zero-order chi connectivity index (χ0) is 26.6. The van der Waals surface area contributed by atoms with Crippen molar-refractivity contribution in [3.8, 4) is 11.1 Å². The standard InChI is InChI=1S/C31H32FN3O3/c1-18-28(19(2)38-34-18)23-16-26-24(15-25(23)32)29-27(14-22(17-33-29)31(3,4)36)35(26)30(20-8-6-5-7-9-20)21-10-12-37-13-11-21/h5-9,14-17,21,30,36H,10-13H2,1-4H3/t30-/m1/s1. The third kappa shape index (κ3) is 4.10. The van der Waals surface area contributed by atoms with E-state index in [4.69, 9.17) is 14.2 Å². The van der Waals surface area contributed by atoms with Gasteiger partial charge in [0.1, 0.15) is 11.6 Å². The Labute approximate surface area is 221 Å². The molecule has 6 nitrogen and oxygen atoms in total. The molecule has 5 aromatic rings. The zero-order valence-corrected chi connectivity index (χ0v) is 22.2. The monoisotopic (exact) mass is 513 g/mol. The van der Waals surface area contributed by atoms with Gasteiger partial charge in [0.2, 0.25) is 0 Å². The lowest BCUT2D eigenvalue weighted by Crippen LogP contribution is -2.27. The maximum Gasteiger partial charge on any atom is 0.141 e. The molecule has 0 radical (unpaired) electrons. The number of aryl methyl sites for hydroxylation is 2. The van der Waals surface area contributed by atoms with E-state index in [1.807, 2.05) is 25.1 Å². The van der Waals surface area contributed by atoms with E-state index in [9.17, 15) is 5.11 Å². The molecule has 196 valence electrons. The molecule has 2 aromatic carbocycles. The van der Waals surface area contributed by atoms with E-state index in [-0.39, 0.29) is 11.9 Å². The van der Waals surface area contributed by atoms with Crippen LogP contribution in [0, 0.1) is 25.6 Å². The molecule has 38 heavy (non-hydrogen) atoms. The van der Waals surface area contributed by atoms with Gasteiger partial charge in [0.05, 0.1) is 39.5 Å². The lowest BCUT2D eigenvalue weighted by molar-refractivity contribution is 0.0552. The minimum Gasteiger partial charge on any atom is -0.386 e. The van der Waals surface area contributed by atoms with Gasteiger partial charge in [-0.2, -0.15) is 0 Å². The Morgan fingerprint density at radius 1 is 1.05 bits per heavy atom. The van der Waals surface area contributed by atoms with Crippen LogP contribution in [0.4, 0.5) is 4.39 Å². The molecule has 1 fully saturated rings. The van der Waals surface area contributed by atoms with Crippen molar-refractivity contribution in [2.45, 2.75) is 52.2 Å². The first kappa shape index (κ1) is 24.8. The first-order chi connectivity index (χ1) is 18.2. The van der Waals surface area contributed by atoms with Crippen molar-refractivity contribution >= 4 is 21.9 Å². The van der Waals surface area contributed by atoms with Crippen molar-refractivity contribution in [2.24, 2.45) is 5.92 Å². The van der Waals surface area contributed by atoms with Crippen LogP contribution in [0.1, 0.15) is 55.3 Å². The first-order valence-electron chi connectivity index (χ1n) is 13.2. The van der Waals surface area contributed by atoms with Crippen molar-refractivity contribution in [2.75, 3.05) is 13.2 Å². The summed E-state index contributed by atoms with van der Waals surface area (Å²) in [6.45, 7) is 8.56. The van der Waals surface area contributed by atoms with E-state index in [0.29, 0.717) is 52.8 Å². The molecule has 7 heteroatoms. The Hall–Kier alpha value is -3.55. The number of halogens is 1. The Morgan fingerprint density at radius 2 is 1.79 bits per heavy atom. The van der Waals surface area contributed by atoms with Crippen LogP contribution in [0.2, 0.25) is 0 Å². The Morgan fingerprint density at radius 3 is 2.45 bits per heavy atom. The highest BCUT2D eigenvalue weighted by molar-refractivity contribution is 6.07. The highest BCUT2D eigenvalue weighted by Crippen LogP contribution is 2.43. The average molecular weight is 514 g/mol. The average Bonchev–Trinajstić information content (AvgIpc) is 3.40. The zero-order valence-electron chi connectivity index (χ0n) is 22.2. The van der Waals surface area contributed by atoms with Crippen molar-refractivity contribution in [1.82, 2.24) is 14.7 Å². The van der Waals surface area contributed by atoms with Crippen molar-refractivity contribution in [3.63, 3.8) is 0 Å². The topological polar surface area (TPSA) is 73.3 Å². The highest BCUT2D eigenvalue weighted by atomic mass is 19.1. The molecule has 0 spiro atoms. The number of fused-ring (bicyclic) bond motifs is 3. The fourth-order valence-corrected chi connectivity index (χ4v) is 5.93. The molecule has 1 atom stereocenters. The highest BCUT2D eigenvalue weighted by Gasteiger charge is 2.31. The van der Waals surface area contributed by atoms with Crippen LogP contribution in [0.25, 0.3) is 33.1 Å². The van der Waals surface area contributed by atoms with E-state index in [0.717, 1.165) is 29.3 Å². The lowest BCUT2D eigenvalue weighted by atomic mass is 9.86. The third-order valence-corrected chi connectivity index (χ3v) is 7.87. The third-order valence-electron chi connectivity index (χ3n) is 7.87. The second-order valence-corrected chi connectivity index (χ2v) is 10.9. The van der Waals surface area contributed by atoms with Gasteiger partial charge in [0, 0.05) is 35.9 Å². The molecule has 1 saturated heterocycles. The second-order valence-electron chi connectivity index (χ2n) is 10.9. The quantitative estimate of drug-likeness (QED) is 0.278. The van der Waals surface area contributed by atoms with E-state index >= 15 is 4.39 Å². The summed E-state index contributed by atoms with van der Waals surface area (Å²) in [5.41, 5.74) is 5.06. The maximum atomic E-state index is 15.8. The summed E-state index contributed by atoms with van der Waals surface area (Å²) in [5.74, 6) is 0.542. The second kappa shape index (κ2) is 9.33. The van der Waals surface area contributed by atoms with Gasteiger partial charge in [0.25, 0.3) is 0 Å². The van der Waals surface area contributed by atoms with Gasteiger partial charge in [-0.25, -0.2) is 4.39 Å². The summed E-state index contributed by atoms with van der Waals surface area (Å²) in [5, 5.41) is 15.7. The molecule has 1 aliphatic heterocycles. The largest absolute Gasteiger partial charge is 0.386 e. The molecule has 0 bridgehead atoms. The van der Waals surface area contributed by atoms with Crippen LogP contribution in [0.5, 0.6) is 0 Å². The summed E-state index contributed by atoms with van der Waals surface area (Å²) in [6.07, 6.45) is 3.52. The molecule has 4 heterocycles. The normalized spacial score (nSPS) is 15.9. The summed E-state index contributed by atoms with van der Waals surface area (Å²) in [6, 6.07) is 15.9. The van der Waals surface area contributed by atoms with Gasteiger partial charge in [-0.15, -0.1) is 0 Å². The summed E-state index contributed by atoms with van der Waals surface area (Å²) in [4.78, 5) is 4.78. The smallest absolute Gasteiger partial charge is 0.141 e. The Kier molecular flexibility index (Phi) is 6.08. The van der Waals surface area contributed by atoms with Gasteiger partial charge in [-0.1, -0.05) is 35.5 Å². The molecule has 1 N–H and O–H groups in total. The van der Waals surface area contributed by atoms with Crippen LogP contribution in [0.15, 0.2) is 59.3 Å². The predicted molar refractivity (Wildman–Crippen MR) is 146 cm³/mol. The number of aromatic nitrogens is 3. The van der Waals surface area contributed by atoms with Gasteiger partial charge < -0.3 is 18.9 Å². The summed E-state index contributed by atoms with van der Waals surface area (Å²) >= 11 is 0. The van der Waals surface area contributed by atoms with Crippen LogP contribution < -0.4 is 0 Å². The van der Waals surface area contributed by atoms with Crippen LogP contribution in [-0.4, -0.2) is 33.0 Å². The molecule has 3 aromatic heterocycles. The summed E-state index contributed by atoms with van der Waals surface area (Å²) < 4.78 is 29.2. The molecular formula is C31H32FN3O3. The number of nitrogens with zero attached hydrogens (tertiary/aromatic N) is 3. The van der Waals surface area contributed by atoms with E-state index in [1.54, 1.807) is 33.0 Å².